The van der Waals surface area contributed by atoms with Crippen molar-refractivity contribution in [3.05, 3.63) is 0 Å². The average molecular weight is 296 g/mol. The Morgan fingerprint density at radius 1 is 0.952 bits per heavy atom. The van der Waals surface area contributed by atoms with Crippen LogP contribution in [0.25, 0.3) is 0 Å². The van der Waals surface area contributed by atoms with Gasteiger partial charge >= 0.3 is 12.0 Å². The Morgan fingerprint density at radius 3 is 2.29 bits per heavy atom. The zero-order valence-electron chi connectivity index (χ0n) is 12.2. The number of amides is 2. The third-order valence-electron chi connectivity index (χ3n) is 4.95. The zero-order valence-corrected chi connectivity index (χ0v) is 12.2. The van der Waals surface area contributed by atoms with E-state index in [1.54, 1.807) is 0 Å². The van der Waals surface area contributed by atoms with Crippen molar-refractivity contribution in [2.45, 2.75) is 63.1 Å². The number of carboxylic acid groups (broad SMARTS) is 1. The molecule has 0 spiro atoms. The number of carbonyl (C=O) groups is 2. The highest BCUT2D eigenvalue weighted by Crippen LogP contribution is 2.38. The lowest BCUT2D eigenvalue weighted by atomic mass is 9.86. The monoisotopic (exact) mass is 296 g/mol. The summed E-state index contributed by atoms with van der Waals surface area (Å²) in [6, 6.07) is 0.102. The van der Waals surface area contributed by atoms with Crippen LogP contribution >= 0.6 is 0 Å². The van der Waals surface area contributed by atoms with Gasteiger partial charge in [0, 0.05) is 12.6 Å². The van der Waals surface area contributed by atoms with Crippen LogP contribution in [0.1, 0.15) is 44.9 Å². The fourth-order valence-corrected chi connectivity index (χ4v) is 3.54. The smallest absolute Gasteiger partial charge is 0.315 e. The lowest BCUT2D eigenvalue weighted by molar-refractivity contribution is -0.142. The Bertz CT molecular complexity index is 402. The second-order valence-corrected chi connectivity index (χ2v) is 6.57. The molecule has 3 fully saturated rings. The van der Waals surface area contributed by atoms with Crippen LogP contribution in [-0.4, -0.2) is 41.9 Å². The molecule has 2 unspecified atom stereocenters. The van der Waals surface area contributed by atoms with Gasteiger partial charge in [-0.3, -0.25) is 4.79 Å². The van der Waals surface area contributed by atoms with Gasteiger partial charge in [0.1, 0.15) is 0 Å². The van der Waals surface area contributed by atoms with E-state index in [0.717, 1.165) is 25.9 Å². The normalized spacial score (nSPS) is 36.2. The zero-order chi connectivity index (χ0) is 14.8. The lowest BCUT2D eigenvalue weighted by Crippen LogP contribution is -2.50. The van der Waals surface area contributed by atoms with Crippen molar-refractivity contribution in [2.75, 3.05) is 6.61 Å². The number of ether oxygens (including phenoxy) is 1. The summed E-state index contributed by atoms with van der Waals surface area (Å²) >= 11 is 0. The highest BCUT2D eigenvalue weighted by atomic mass is 16.5. The summed E-state index contributed by atoms with van der Waals surface area (Å²) in [5.74, 6) is -0.328. The minimum atomic E-state index is -0.715. The number of urea groups is 1. The maximum absolute atomic E-state index is 12.1. The van der Waals surface area contributed by atoms with Crippen LogP contribution in [0.3, 0.4) is 0 Å². The van der Waals surface area contributed by atoms with Crippen LogP contribution < -0.4 is 10.6 Å². The van der Waals surface area contributed by atoms with Crippen molar-refractivity contribution in [3.8, 4) is 0 Å². The molecule has 2 atom stereocenters. The largest absolute Gasteiger partial charge is 0.481 e. The van der Waals surface area contributed by atoms with E-state index < -0.39 is 5.97 Å². The van der Waals surface area contributed by atoms with Gasteiger partial charge in [-0.15, -0.1) is 0 Å². The molecular weight excluding hydrogens is 272 g/mol. The second kappa shape index (κ2) is 6.22. The van der Waals surface area contributed by atoms with Gasteiger partial charge in [-0.25, -0.2) is 4.79 Å². The summed E-state index contributed by atoms with van der Waals surface area (Å²) in [7, 11) is 0. The minimum Gasteiger partial charge on any atom is -0.481 e. The van der Waals surface area contributed by atoms with Gasteiger partial charge in [-0.05, 0) is 50.9 Å². The van der Waals surface area contributed by atoms with Crippen LogP contribution in [0, 0.1) is 11.8 Å². The van der Waals surface area contributed by atoms with Crippen LogP contribution in [0.2, 0.25) is 0 Å². The number of hydrogen-bond acceptors (Lipinski definition) is 3. The molecule has 1 heterocycles. The van der Waals surface area contributed by atoms with Crippen LogP contribution in [-0.2, 0) is 9.53 Å². The SMILES string of the molecule is O=C(NC1CCC(C(=O)O)CC1)NC1CCOC1C1CC1. The molecule has 2 amide bonds. The van der Waals surface area contributed by atoms with E-state index in [2.05, 4.69) is 10.6 Å². The fourth-order valence-electron chi connectivity index (χ4n) is 3.54. The maximum Gasteiger partial charge on any atom is 0.315 e. The van der Waals surface area contributed by atoms with Gasteiger partial charge in [-0.1, -0.05) is 0 Å². The molecule has 2 aliphatic carbocycles. The highest BCUT2D eigenvalue weighted by Gasteiger charge is 2.41. The van der Waals surface area contributed by atoms with Gasteiger partial charge < -0.3 is 20.5 Å². The van der Waals surface area contributed by atoms with E-state index in [9.17, 15) is 9.59 Å². The van der Waals surface area contributed by atoms with Gasteiger partial charge in [0.25, 0.3) is 0 Å². The summed E-state index contributed by atoms with van der Waals surface area (Å²) in [5, 5.41) is 15.0. The van der Waals surface area contributed by atoms with Gasteiger partial charge in [0.05, 0.1) is 18.1 Å². The highest BCUT2D eigenvalue weighted by molar-refractivity contribution is 5.75. The van der Waals surface area contributed by atoms with E-state index >= 15 is 0 Å². The Labute approximate surface area is 124 Å². The molecule has 0 aromatic rings. The van der Waals surface area contributed by atoms with Crippen LogP contribution in [0.4, 0.5) is 4.79 Å². The van der Waals surface area contributed by atoms with Gasteiger partial charge in [0.2, 0.25) is 0 Å². The maximum atomic E-state index is 12.1. The van der Waals surface area contributed by atoms with E-state index in [4.69, 9.17) is 9.84 Å². The first-order chi connectivity index (χ1) is 10.1. The molecule has 3 aliphatic rings. The predicted octanol–water partition coefficient (Wildman–Crippen LogP) is 1.50. The van der Waals surface area contributed by atoms with Crippen molar-refractivity contribution >= 4 is 12.0 Å². The molecule has 3 N–H and O–H groups in total. The average Bonchev–Trinajstić information content (AvgIpc) is 3.20. The third-order valence-corrected chi connectivity index (χ3v) is 4.95. The van der Waals surface area contributed by atoms with E-state index in [1.165, 1.54) is 12.8 Å². The summed E-state index contributed by atoms with van der Waals surface area (Å²) in [4.78, 5) is 23.0. The first kappa shape index (κ1) is 14.6. The molecule has 21 heavy (non-hydrogen) atoms. The van der Waals surface area contributed by atoms with E-state index in [-0.39, 0.29) is 30.1 Å². The first-order valence-electron chi connectivity index (χ1n) is 8.05. The molecule has 1 saturated heterocycles. The van der Waals surface area contributed by atoms with Crippen molar-refractivity contribution < 1.29 is 19.4 Å². The molecular formula is C15H24N2O4. The number of carbonyl (C=O) groups excluding carboxylic acids is 1. The van der Waals surface area contributed by atoms with E-state index in [0.29, 0.717) is 18.8 Å². The topological polar surface area (TPSA) is 87.7 Å². The van der Waals surface area contributed by atoms with Crippen molar-refractivity contribution in [1.82, 2.24) is 10.6 Å². The molecule has 0 aromatic heterocycles. The third kappa shape index (κ3) is 3.67. The molecule has 6 nitrogen and oxygen atoms in total. The molecule has 0 aromatic carbocycles. The summed E-state index contributed by atoms with van der Waals surface area (Å²) in [6.07, 6.45) is 6.30. The van der Waals surface area contributed by atoms with E-state index in [1.807, 2.05) is 0 Å². The second-order valence-electron chi connectivity index (χ2n) is 6.57. The summed E-state index contributed by atoms with van der Waals surface area (Å²) < 4.78 is 5.71. The number of aliphatic carboxylic acids is 1. The number of rotatable bonds is 4. The fraction of sp³-hybridized carbons (Fsp3) is 0.867. The molecule has 0 radical (unpaired) electrons. The van der Waals surface area contributed by atoms with Crippen LogP contribution in [0.5, 0.6) is 0 Å². The Balaban J connectivity index is 1.41. The van der Waals surface area contributed by atoms with Crippen molar-refractivity contribution in [1.29, 1.82) is 0 Å². The van der Waals surface area contributed by atoms with Gasteiger partial charge in [0.15, 0.2) is 0 Å². The molecule has 3 rings (SSSR count). The summed E-state index contributed by atoms with van der Waals surface area (Å²) in [6.45, 7) is 0.732. The predicted molar refractivity (Wildman–Crippen MR) is 75.9 cm³/mol. The Morgan fingerprint density at radius 2 is 1.67 bits per heavy atom. The summed E-state index contributed by atoms with van der Waals surface area (Å²) in [5.41, 5.74) is 0. The molecule has 1 aliphatic heterocycles. The van der Waals surface area contributed by atoms with Crippen molar-refractivity contribution in [2.24, 2.45) is 11.8 Å². The number of hydrogen-bond donors (Lipinski definition) is 3. The minimum absolute atomic E-state index is 0.0993. The first-order valence-corrected chi connectivity index (χ1v) is 8.05. The Kier molecular flexibility index (Phi) is 4.33. The standard InChI is InChI=1S/C15H24N2O4/c18-14(19)10-3-5-11(6-4-10)16-15(20)17-12-7-8-21-13(12)9-1-2-9/h9-13H,1-8H2,(H,18,19)(H2,16,17,20). The molecule has 0 bridgehead atoms. The number of carboxylic acids is 1. The van der Waals surface area contributed by atoms with Crippen LogP contribution in [0.15, 0.2) is 0 Å². The van der Waals surface area contributed by atoms with Gasteiger partial charge in [-0.2, -0.15) is 0 Å². The quantitative estimate of drug-likeness (QED) is 0.733. The molecule has 2 saturated carbocycles. The molecule has 6 heteroatoms. The molecule has 118 valence electrons. The number of nitrogens with one attached hydrogen (secondary N) is 2. The Hall–Kier alpha value is -1.30. The van der Waals surface area contributed by atoms with Crippen molar-refractivity contribution in [3.63, 3.8) is 0 Å². The lowest BCUT2D eigenvalue weighted by Gasteiger charge is -2.28.